The van der Waals surface area contributed by atoms with Gasteiger partial charge in [-0.25, -0.2) is 0 Å². The second-order valence-electron chi connectivity index (χ2n) is 3.34. The van der Waals surface area contributed by atoms with E-state index in [1.165, 1.54) is 5.56 Å². The van der Waals surface area contributed by atoms with E-state index in [4.69, 9.17) is 6.42 Å². The van der Waals surface area contributed by atoms with Crippen molar-refractivity contribution in [3.63, 3.8) is 0 Å². The second-order valence-corrected chi connectivity index (χ2v) is 4.12. The maximum Gasteiger partial charge on any atom is 0.0686 e. The molecule has 0 fully saturated rings. The van der Waals surface area contributed by atoms with E-state index in [1.807, 2.05) is 0 Å². The van der Waals surface area contributed by atoms with Crippen molar-refractivity contribution in [3.05, 3.63) is 22.4 Å². The highest BCUT2D eigenvalue weighted by Crippen LogP contribution is 2.06. The standard InChI is InChI=1S/C12H17NS/c1-3-5-12(4-2)13-8-6-11-7-9-14-10-11/h2,7,9-10,12-13H,3,5-6,8H2,1H3. The summed E-state index contributed by atoms with van der Waals surface area (Å²) >= 11 is 1.75. The van der Waals surface area contributed by atoms with Crippen LogP contribution in [-0.4, -0.2) is 12.6 Å². The van der Waals surface area contributed by atoms with Gasteiger partial charge in [-0.15, -0.1) is 6.42 Å². The van der Waals surface area contributed by atoms with E-state index >= 15 is 0 Å². The predicted molar refractivity (Wildman–Crippen MR) is 63.6 cm³/mol. The molecule has 1 rings (SSSR count). The lowest BCUT2D eigenvalue weighted by atomic mass is 10.1. The van der Waals surface area contributed by atoms with Gasteiger partial charge in [0, 0.05) is 6.54 Å². The molecular weight excluding hydrogens is 190 g/mol. The second kappa shape index (κ2) is 6.64. The lowest BCUT2D eigenvalue weighted by Crippen LogP contribution is -2.29. The molecule has 1 aromatic rings. The lowest BCUT2D eigenvalue weighted by Gasteiger charge is -2.10. The van der Waals surface area contributed by atoms with Crippen LogP contribution < -0.4 is 5.32 Å². The maximum absolute atomic E-state index is 5.41. The Morgan fingerprint density at radius 1 is 1.64 bits per heavy atom. The van der Waals surface area contributed by atoms with E-state index in [2.05, 4.69) is 35.0 Å². The molecule has 1 nitrogen and oxygen atoms in total. The largest absolute Gasteiger partial charge is 0.303 e. The molecule has 14 heavy (non-hydrogen) atoms. The van der Waals surface area contributed by atoms with Crippen molar-refractivity contribution in [1.82, 2.24) is 5.32 Å². The highest BCUT2D eigenvalue weighted by Gasteiger charge is 2.01. The minimum Gasteiger partial charge on any atom is -0.303 e. The molecular formula is C12H17NS. The topological polar surface area (TPSA) is 12.0 Å². The summed E-state index contributed by atoms with van der Waals surface area (Å²) in [6.45, 7) is 3.14. The van der Waals surface area contributed by atoms with Crippen LogP contribution in [0.25, 0.3) is 0 Å². The van der Waals surface area contributed by atoms with Gasteiger partial charge in [-0.05, 0) is 35.2 Å². The molecule has 0 saturated carbocycles. The molecule has 1 atom stereocenters. The Morgan fingerprint density at radius 2 is 2.50 bits per heavy atom. The number of rotatable bonds is 6. The Labute approximate surface area is 90.5 Å². The maximum atomic E-state index is 5.41. The number of hydrogen-bond donors (Lipinski definition) is 1. The van der Waals surface area contributed by atoms with Gasteiger partial charge in [0.15, 0.2) is 0 Å². The molecule has 2 heteroatoms. The zero-order valence-electron chi connectivity index (χ0n) is 8.62. The molecule has 0 aliphatic rings. The van der Waals surface area contributed by atoms with Gasteiger partial charge in [0.1, 0.15) is 0 Å². The van der Waals surface area contributed by atoms with Crippen molar-refractivity contribution in [2.75, 3.05) is 6.54 Å². The van der Waals surface area contributed by atoms with Crippen molar-refractivity contribution in [3.8, 4) is 12.3 Å². The summed E-state index contributed by atoms with van der Waals surface area (Å²) in [5.41, 5.74) is 1.40. The zero-order chi connectivity index (χ0) is 10.2. The van der Waals surface area contributed by atoms with Crippen molar-refractivity contribution in [2.45, 2.75) is 32.2 Å². The molecule has 1 unspecified atom stereocenters. The average Bonchev–Trinajstić information content (AvgIpc) is 2.69. The predicted octanol–water partition coefficient (Wildman–Crippen LogP) is 2.68. The van der Waals surface area contributed by atoms with Crippen LogP contribution in [0.1, 0.15) is 25.3 Å². The molecule has 0 radical (unpaired) electrons. The van der Waals surface area contributed by atoms with Crippen molar-refractivity contribution >= 4 is 11.3 Å². The summed E-state index contributed by atoms with van der Waals surface area (Å²) in [6, 6.07) is 2.41. The van der Waals surface area contributed by atoms with Crippen LogP contribution in [0.3, 0.4) is 0 Å². The zero-order valence-corrected chi connectivity index (χ0v) is 9.44. The normalized spacial score (nSPS) is 12.3. The van der Waals surface area contributed by atoms with Crippen molar-refractivity contribution in [2.24, 2.45) is 0 Å². The Bertz CT molecular complexity index is 271. The average molecular weight is 207 g/mol. The molecule has 1 N–H and O–H groups in total. The summed E-state index contributed by atoms with van der Waals surface area (Å²) < 4.78 is 0. The molecule has 0 aliphatic heterocycles. The first kappa shape index (κ1) is 11.3. The number of terminal acetylenes is 1. The third-order valence-corrected chi connectivity index (χ3v) is 2.90. The smallest absolute Gasteiger partial charge is 0.0686 e. The molecule has 1 heterocycles. The SMILES string of the molecule is C#CC(CCC)NCCc1ccsc1. The molecule has 0 aromatic carbocycles. The Hall–Kier alpha value is -0.780. The van der Waals surface area contributed by atoms with Gasteiger partial charge in [0.25, 0.3) is 0 Å². The molecule has 0 aliphatic carbocycles. The van der Waals surface area contributed by atoms with E-state index in [-0.39, 0.29) is 6.04 Å². The van der Waals surface area contributed by atoms with E-state index in [9.17, 15) is 0 Å². The molecule has 76 valence electrons. The van der Waals surface area contributed by atoms with Gasteiger partial charge in [-0.1, -0.05) is 19.3 Å². The van der Waals surface area contributed by atoms with Crippen molar-refractivity contribution in [1.29, 1.82) is 0 Å². The van der Waals surface area contributed by atoms with Crippen LogP contribution in [0.15, 0.2) is 16.8 Å². The highest BCUT2D eigenvalue weighted by molar-refractivity contribution is 7.07. The van der Waals surface area contributed by atoms with Crippen LogP contribution in [0.2, 0.25) is 0 Å². The lowest BCUT2D eigenvalue weighted by molar-refractivity contribution is 0.565. The Balaban J connectivity index is 2.17. The first-order valence-corrected chi connectivity index (χ1v) is 6.01. The van der Waals surface area contributed by atoms with Gasteiger partial charge >= 0.3 is 0 Å². The van der Waals surface area contributed by atoms with Gasteiger partial charge in [-0.3, -0.25) is 0 Å². The Morgan fingerprint density at radius 3 is 3.07 bits per heavy atom. The molecule has 0 saturated heterocycles. The molecule has 0 amide bonds. The first-order valence-electron chi connectivity index (χ1n) is 5.07. The van der Waals surface area contributed by atoms with Gasteiger partial charge < -0.3 is 5.32 Å². The minimum absolute atomic E-state index is 0.249. The van der Waals surface area contributed by atoms with E-state index < -0.39 is 0 Å². The van der Waals surface area contributed by atoms with Crippen LogP contribution in [0.5, 0.6) is 0 Å². The fraction of sp³-hybridized carbons (Fsp3) is 0.500. The van der Waals surface area contributed by atoms with E-state index in [1.54, 1.807) is 11.3 Å². The fourth-order valence-corrected chi connectivity index (χ4v) is 2.06. The first-order chi connectivity index (χ1) is 6.86. The van der Waals surface area contributed by atoms with Crippen LogP contribution in [-0.2, 0) is 6.42 Å². The van der Waals surface area contributed by atoms with Gasteiger partial charge in [0.2, 0.25) is 0 Å². The molecule has 1 aromatic heterocycles. The third kappa shape index (κ3) is 3.95. The summed E-state index contributed by atoms with van der Waals surface area (Å²) in [6.07, 6.45) is 8.69. The van der Waals surface area contributed by atoms with Crippen molar-refractivity contribution < 1.29 is 0 Å². The monoisotopic (exact) mass is 207 g/mol. The number of nitrogens with one attached hydrogen (secondary N) is 1. The van der Waals surface area contributed by atoms with Gasteiger partial charge in [0.05, 0.1) is 6.04 Å². The summed E-state index contributed by atoms with van der Waals surface area (Å²) in [4.78, 5) is 0. The number of hydrogen-bond acceptors (Lipinski definition) is 2. The molecule has 0 spiro atoms. The summed E-state index contributed by atoms with van der Waals surface area (Å²) in [7, 11) is 0. The quantitative estimate of drug-likeness (QED) is 0.707. The summed E-state index contributed by atoms with van der Waals surface area (Å²) in [5, 5.41) is 7.68. The number of thiophene rings is 1. The summed E-state index contributed by atoms with van der Waals surface area (Å²) in [5.74, 6) is 2.77. The molecule has 0 bridgehead atoms. The van der Waals surface area contributed by atoms with E-state index in [0.717, 1.165) is 25.8 Å². The minimum atomic E-state index is 0.249. The Kier molecular flexibility index (Phi) is 5.36. The van der Waals surface area contributed by atoms with Crippen LogP contribution >= 0.6 is 11.3 Å². The van der Waals surface area contributed by atoms with Crippen LogP contribution in [0, 0.1) is 12.3 Å². The van der Waals surface area contributed by atoms with E-state index in [0.29, 0.717) is 0 Å². The highest BCUT2D eigenvalue weighted by atomic mass is 32.1. The third-order valence-electron chi connectivity index (χ3n) is 2.16. The van der Waals surface area contributed by atoms with Gasteiger partial charge in [-0.2, -0.15) is 11.3 Å². The fourth-order valence-electron chi connectivity index (χ4n) is 1.36. The van der Waals surface area contributed by atoms with Crippen LogP contribution in [0.4, 0.5) is 0 Å².